The van der Waals surface area contributed by atoms with E-state index in [1.54, 1.807) is 40.8 Å². The normalized spacial score (nSPS) is 19.0. The number of nitrogens with one attached hydrogen (secondary N) is 1. The van der Waals surface area contributed by atoms with Crippen molar-refractivity contribution in [3.8, 4) is 23.6 Å². The van der Waals surface area contributed by atoms with Gasteiger partial charge in [0.1, 0.15) is 24.1 Å². The van der Waals surface area contributed by atoms with Crippen molar-refractivity contribution in [3.05, 3.63) is 48.2 Å². The fourth-order valence-electron chi connectivity index (χ4n) is 4.69. The third-order valence-electron chi connectivity index (χ3n) is 6.72. The number of rotatable bonds is 7. The fourth-order valence-corrected chi connectivity index (χ4v) is 4.94. The molecule has 4 aromatic rings. The van der Waals surface area contributed by atoms with Gasteiger partial charge in [-0.05, 0) is 44.6 Å². The molecule has 0 spiro atoms. The quantitative estimate of drug-likeness (QED) is 0.287. The Hall–Kier alpha value is -4.35. The van der Waals surface area contributed by atoms with Crippen molar-refractivity contribution < 1.29 is 4.79 Å². The zero-order valence-corrected chi connectivity index (χ0v) is 20.7. The summed E-state index contributed by atoms with van der Waals surface area (Å²) in [6.45, 7) is 1.76. The molecule has 37 heavy (non-hydrogen) atoms. The monoisotopic (exact) mass is 514 g/mol. The number of hydrogen-bond donors (Lipinski definition) is 1. The lowest BCUT2D eigenvalue weighted by atomic mass is 9.79. The molecule has 186 valence electrons. The van der Waals surface area contributed by atoms with Crippen molar-refractivity contribution in [1.82, 2.24) is 34.7 Å². The third kappa shape index (κ3) is 4.86. The summed E-state index contributed by atoms with van der Waals surface area (Å²) in [5.41, 5.74) is 3.14. The van der Waals surface area contributed by atoms with Gasteiger partial charge in [0.2, 0.25) is 0 Å². The Morgan fingerprint density at radius 2 is 1.97 bits per heavy atom. The molecule has 0 amide bonds. The minimum atomic E-state index is -0.473. The molecule has 1 aliphatic carbocycles. The number of aromatic nitrogens is 7. The molecule has 1 aliphatic rings. The highest BCUT2D eigenvalue weighted by Crippen LogP contribution is 2.37. The van der Waals surface area contributed by atoms with Crippen molar-refractivity contribution in [2.45, 2.75) is 49.9 Å². The van der Waals surface area contributed by atoms with Crippen LogP contribution in [0, 0.1) is 28.6 Å². The van der Waals surface area contributed by atoms with Gasteiger partial charge in [-0.3, -0.25) is 0 Å². The summed E-state index contributed by atoms with van der Waals surface area (Å²) in [4.78, 5) is 20.0. The molecule has 0 aromatic carbocycles. The number of pyridine rings is 2. The molecule has 4 aromatic heterocycles. The zero-order chi connectivity index (χ0) is 25.9. The van der Waals surface area contributed by atoms with Gasteiger partial charge in [-0.25, -0.2) is 14.6 Å². The maximum atomic E-state index is 11.0. The lowest BCUT2D eigenvalue weighted by Crippen LogP contribution is -2.22. The first-order valence-corrected chi connectivity index (χ1v) is 12.4. The van der Waals surface area contributed by atoms with Crippen LogP contribution >= 0.6 is 11.6 Å². The lowest BCUT2D eigenvalue weighted by Gasteiger charge is -2.28. The van der Waals surface area contributed by atoms with Crippen LogP contribution in [-0.2, 0) is 4.79 Å². The SMILES string of the molecule is C[C@H](C#N)Nc1cc(-n2ncc3cc(C#N)cnc32)ncc1-n1cc(C2CCC([C@@H](Cl)C=O)CC2)nn1. The highest BCUT2D eigenvalue weighted by Gasteiger charge is 2.28. The average molecular weight is 515 g/mol. The van der Waals surface area contributed by atoms with Crippen LogP contribution in [0.5, 0.6) is 0 Å². The molecule has 1 fully saturated rings. The fraction of sp³-hybridized carbons (Fsp3) is 0.360. The van der Waals surface area contributed by atoms with Crippen molar-refractivity contribution in [3.63, 3.8) is 0 Å². The standard InChI is InChI=1S/C25H23ClN10O/c1-15(8-27)32-21-7-24(36-25-19(11-31-36)6-16(9-28)10-30-25)29-12-23(21)35-13-22(33-34-35)18-4-2-17(3-5-18)20(26)14-37/h6-7,10-15,17-18,20H,2-5H2,1H3,(H,29,32)/t15-,17?,18?,20+/m1/s1. The molecule has 11 nitrogen and oxygen atoms in total. The smallest absolute Gasteiger partial charge is 0.164 e. The third-order valence-corrected chi connectivity index (χ3v) is 7.18. The molecule has 0 saturated heterocycles. The van der Waals surface area contributed by atoms with E-state index >= 15 is 0 Å². The van der Waals surface area contributed by atoms with E-state index in [2.05, 4.69) is 42.8 Å². The van der Waals surface area contributed by atoms with E-state index in [0.29, 0.717) is 33.8 Å². The van der Waals surface area contributed by atoms with E-state index < -0.39 is 11.4 Å². The van der Waals surface area contributed by atoms with Crippen molar-refractivity contribution in [1.29, 1.82) is 10.5 Å². The van der Waals surface area contributed by atoms with Crippen molar-refractivity contribution in [2.24, 2.45) is 5.92 Å². The van der Waals surface area contributed by atoms with Crippen LogP contribution < -0.4 is 5.32 Å². The summed E-state index contributed by atoms with van der Waals surface area (Å²) >= 11 is 6.13. The number of aldehydes is 1. The minimum absolute atomic E-state index is 0.199. The van der Waals surface area contributed by atoms with E-state index in [0.717, 1.165) is 37.7 Å². The Morgan fingerprint density at radius 1 is 1.16 bits per heavy atom. The summed E-state index contributed by atoms with van der Waals surface area (Å²) in [7, 11) is 0. The number of nitriles is 2. The van der Waals surface area contributed by atoms with Gasteiger partial charge in [0.25, 0.3) is 0 Å². The number of nitrogens with zero attached hydrogens (tertiary/aromatic N) is 9. The number of hydrogen-bond acceptors (Lipinski definition) is 9. The molecule has 4 heterocycles. The Labute approximate surface area is 217 Å². The van der Waals surface area contributed by atoms with Crippen LogP contribution in [0.2, 0.25) is 0 Å². The van der Waals surface area contributed by atoms with Gasteiger partial charge in [0.15, 0.2) is 11.5 Å². The maximum absolute atomic E-state index is 11.0. The van der Waals surface area contributed by atoms with Crippen LogP contribution in [0.15, 0.2) is 36.9 Å². The number of fused-ring (bicyclic) bond motifs is 1. The van der Waals surface area contributed by atoms with E-state index in [-0.39, 0.29) is 11.8 Å². The second kappa shape index (κ2) is 10.3. The van der Waals surface area contributed by atoms with Gasteiger partial charge >= 0.3 is 0 Å². The summed E-state index contributed by atoms with van der Waals surface area (Å²) in [5, 5.41) is 35.2. The Balaban J connectivity index is 1.45. The second-order valence-corrected chi connectivity index (χ2v) is 9.64. The molecular formula is C25H23ClN10O. The maximum Gasteiger partial charge on any atom is 0.164 e. The molecule has 1 saturated carbocycles. The molecule has 2 atom stereocenters. The molecule has 12 heteroatoms. The molecule has 0 aliphatic heterocycles. The summed E-state index contributed by atoms with van der Waals surface area (Å²) in [6, 6.07) is 7.28. The van der Waals surface area contributed by atoms with Crippen LogP contribution in [0.3, 0.4) is 0 Å². The summed E-state index contributed by atoms with van der Waals surface area (Å²) < 4.78 is 3.23. The van der Waals surface area contributed by atoms with Crippen LogP contribution in [-0.4, -0.2) is 52.4 Å². The van der Waals surface area contributed by atoms with Crippen molar-refractivity contribution >= 4 is 34.6 Å². The highest BCUT2D eigenvalue weighted by molar-refractivity contribution is 6.27. The molecule has 5 rings (SSSR count). The Morgan fingerprint density at radius 3 is 2.70 bits per heavy atom. The Kier molecular flexibility index (Phi) is 6.80. The van der Waals surface area contributed by atoms with Crippen LogP contribution in [0.1, 0.15) is 49.8 Å². The number of carbonyl (C=O) groups is 1. The van der Waals surface area contributed by atoms with Gasteiger partial charge < -0.3 is 10.1 Å². The number of alkyl halides is 1. The minimum Gasteiger partial charge on any atom is -0.368 e. The van der Waals surface area contributed by atoms with E-state index in [1.165, 1.54) is 6.20 Å². The summed E-state index contributed by atoms with van der Waals surface area (Å²) in [6.07, 6.45) is 11.0. The molecule has 0 bridgehead atoms. The first-order chi connectivity index (χ1) is 18.0. The van der Waals surface area contributed by atoms with Crippen molar-refractivity contribution in [2.75, 3.05) is 5.32 Å². The first-order valence-electron chi connectivity index (χ1n) is 11.9. The number of halogens is 1. The zero-order valence-electron chi connectivity index (χ0n) is 20.0. The number of carbonyl (C=O) groups excluding carboxylic acids is 1. The summed E-state index contributed by atoms with van der Waals surface area (Å²) in [5.74, 6) is 0.930. The second-order valence-electron chi connectivity index (χ2n) is 9.14. The van der Waals surface area contributed by atoms with Gasteiger partial charge in [0.05, 0.1) is 47.0 Å². The predicted octanol–water partition coefficient (Wildman–Crippen LogP) is 3.67. The molecular weight excluding hydrogens is 492 g/mol. The van der Waals surface area contributed by atoms with E-state index in [9.17, 15) is 10.1 Å². The highest BCUT2D eigenvalue weighted by atomic mass is 35.5. The van der Waals surface area contributed by atoms with Gasteiger partial charge in [-0.1, -0.05) is 5.21 Å². The van der Waals surface area contributed by atoms with Gasteiger partial charge in [-0.15, -0.1) is 16.7 Å². The Bertz CT molecular complexity index is 1520. The van der Waals surface area contributed by atoms with Crippen LogP contribution in [0.25, 0.3) is 22.5 Å². The van der Waals surface area contributed by atoms with Gasteiger partial charge in [-0.2, -0.15) is 20.3 Å². The molecule has 1 N–H and O–H groups in total. The van der Waals surface area contributed by atoms with E-state index in [1.807, 2.05) is 6.20 Å². The lowest BCUT2D eigenvalue weighted by molar-refractivity contribution is -0.108. The topological polar surface area (TPSA) is 151 Å². The van der Waals surface area contributed by atoms with Crippen LogP contribution in [0.4, 0.5) is 5.69 Å². The first kappa shape index (κ1) is 24.3. The average Bonchev–Trinajstić information content (AvgIpc) is 3.60. The van der Waals surface area contributed by atoms with E-state index in [4.69, 9.17) is 16.9 Å². The largest absolute Gasteiger partial charge is 0.368 e. The van der Waals surface area contributed by atoms with Gasteiger partial charge in [0, 0.05) is 23.6 Å². The molecule has 0 radical (unpaired) electrons. The number of anilines is 1. The predicted molar refractivity (Wildman–Crippen MR) is 135 cm³/mol. The molecule has 0 unspecified atom stereocenters.